The number of benzene rings is 14. The molecule has 0 heterocycles. The molecule has 0 saturated heterocycles. The maximum atomic E-state index is 2.37. The Morgan fingerprint density at radius 2 is 0.511 bits per heavy atom. The van der Waals surface area contributed by atoms with Crippen LogP contribution in [0.2, 0.25) is 0 Å². The van der Waals surface area contributed by atoms with Gasteiger partial charge in [-0.2, -0.15) is 0 Å². The molecule has 0 spiro atoms. The van der Waals surface area contributed by atoms with Crippen LogP contribution in [0.4, 0.5) is 17.1 Å². The molecule has 0 N–H and O–H groups in total. The first-order chi connectivity index (χ1) is 45.4. The third-order valence-corrected chi connectivity index (χ3v) is 23.2. The van der Waals surface area contributed by atoms with Gasteiger partial charge in [0.25, 0.3) is 0 Å². The Hall–Kier alpha value is -9.95. The molecule has 14 aromatic rings. The van der Waals surface area contributed by atoms with Crippen molar-refractivity contribution in [1.82, 2.24) is 0 Å². The minimum Gasteiger partial charge on any atom is -0.370 e. The summed E-state index contributed by atoms with van der Waals surface area (Å²) in [5, 5.41) is 5.12. The number of rotatable bonds is 18. The van der Waals surface area contributed by atoms with Gasteiger partial charge < -0.3 is 14.7 Å². The summed E-state index contributed by atoms with van der Waals surface area (Å²) < 4.78 is 0. The van der Waals surface area contributed by atoms with E-state index in [2.05, 4.69) is 406 Å². The average molecular weight is 1250 g/mol. The van der Waals surface area contributed by atoms with Crippen molar-refractivity contribution < 1.29 is 0 Å². The van der Waals surface area contributed by atoms with Gasteiger partial charge in [-0.05, 0) is 137 Å². The molecule has 0 radical (unpaired) electrons. The standard InChI is InChI=1S/2C30H26NS.C26H24NS/c1-31(29-21-12-15-24-13-8-10-20-28(24)29)23-25-14-9-11-22-30(25)32(26-16-4-2-5-17-26)27-18-6-3-7-19-27;1-31(27-21-20-24-12-8-9-13-25(24)22-27)23-26-14-10-11-19-30(26)32(28-15-4-2-5-16-28)29-17-6-3-7-18-29;1-27(23-14-5-2-6-15-23)21-22-13-11-12-20-26(22)28(24-16-7-3-8-17-24)25-18-9-4-10-19-25/h2*2-22H,23H2,1H3;2-20H,21H2,1H3/q3*+1. The second kappa shape index (κ2) is 31.2. The predicted octanol–water partition coefficient (Wildman–Crippen LogP) is 21.6. The number of hydrogen-bond donors (Lipinski definition) is 0. The summed E-state index contributed by atoms with van der Waals surface area (Å²) in [7, 11) is 6.12. The van der Waals surface area contributed by atoms with Crippen molar-refractivity contribution in [3.05, 3.63) is 387 Å². The predicted molar refractivity (Wildman–Crippen MR) is 395 cm³/mol. The first kappa shape index (κ1) is 62.3. The molecule has 0 aliphatic carbocycles. The highest BCUT2D eigenvalue weighted by atomic mass is 32.2. The fraction of sp³-hybridized carbons (Fsp3) is 0.0698. The molecule has 0 aromatic heterocycles. The van der Waals surface area contributed by atoms with E-state index in [0.29, 0.717) is 0 Å². The number of fused-ring (bicyclic) bond motifs is 2. The molecule has 0 aliphatic heterocycles. The van der Waals surface area contributed by atoms with Crippen LogP contribution in [-0.2, 0) is 52.3 Å². The zero-order valence-electron chi connectivity index (χ0n) is 52.4. The van der Waals surface area contributed by atoms with E-state index in [1.165, 1.54) is 99.4 Å². The lowest BCUT2D eigenvalue weighted by molar-refractivity contribution is 0.901. The van der Waals surface area contributed by atoms with E-state index in [9.17, 15) is 0 Å². The van der Waals surface area contributed by atoms with Crippen molar-refractivity contribution in [2.45, 2.75) is 63.7 Å². The summed E-state index contributed by atoms with van der Waals surface area (Å²) in [5.41, 5.74) is 7.81. The fourth-order valence-corrected chi connectivity index (χ4v) is 18.4. The Labute approximate surface area is 553 Å². The molecule has 92 heavy (non-hydrogen) atoms. The van der Waals surface area contributed by atoms with Crippen LogP contribution in [-0.4, -0.2) is 21.1 Å². The molecular weight excluding hydrogens is 1170 g/mol. The number of hydrogen-bond acceptors (Lipinski definition) is 3. The summed E-state index contributed by atoms with van der Waals surface area (Å²) in [5.74, 6) is 0. The third-order valence-electron chi connectivity index (χ3n) is 16.2. The smallest absolute Gasteiger partial charge is 0.171 e. The zero-order chi connectivity index (χ0) is 62.7. The van der Waals surface area contributed by atoms with Crippen LogP contribution in [0.5, 0.6) is 0 Å². The minimum absolute atomic E-state index is 0.126. The van der Waals surface area contributed by atoms with Crippen molar-refractivity contribution in [3.8, 4) is 0 Å². The minimum atomic E-state index is -0.153. The van der Waals surface area contributed by atoms with Crippen LogP contribution in [0.25, 0.3) is 21.5 Å². The van der Waals surface area contributed by atoms with Crippen molar-refractivity contribution >= 4 is 71.3 Å². The highest BCUT2D eigenvalue weighted by molar-refractivity contribution is 7.97. The molecule has 0 saturated carbocycles. The number of nitrogens with zero attached hydrogens (tertiary/aromatic N) is 3. The summed E-state index contributed by atoms with van der Waals surface area (Å²) in [6.45, 7) is 2.59. The van der Waals surface area contributed by atoms with E-state index in [0.717, 1.165) is 19.6 Å². The van der Waals surface area contributed by atoms with Crippen LogP contribution < -0.4 is 14.7 Å². The summed E-state index contributed by atoms with van der Waals surface area (Å²) in [4.78, 5) is 19.3. The van der Waals surface area contributed by atoms with E-state index in [-0.39, 0.29) is 32.7 Å². The quantitative estimate of drug-likeness (QED) is 0.0793. The van der Waals surface area contributed by atoms with E-state index < -0.39 is 0 Å². The maximum absolute atomic E-state index is 2.37. The lowest BCUT2D eigenvalue weighted by Crippen LogP contribution is -2.19. The second-order valence-corrected chi connectivity index (χ2v) is 28.5. The third kappa shape index (κ3) is 15.4. The van der Waals surface area contributed by atoms with Gasteiger partial charge in [0, 0.05) is 79.9 Å². The van der Waals surface area contributed by atoms with E-state index in [1.807, 2.05) is 0 Å². The molecule has 0 amide bonds. The second-order valence-electron chi connectivity index (χ2n) is 22.6. The van der Waals surface area contributed by atoms with Gasteiger partial charge in [-0.25, -0.2) is 0 Å². The molecule has 3 nitrogen and oxygen atoms in total. The molecular formula is C86H76N3S3+3. The molecule has 0 unspecified atom stereocenters. The first-order valence-electron chi connectivity index (χ1n) is 31.4. The largest absolute Gasteiger partial charge is 0.370 e. The van der Waals surface area contributed by atoms with Crippen LogP contribution in [0, 0.1) is 0 Å². The summed E-state index contributed by atoms with van der Waals surface area (Å²) in [6, 6.07) is 133. The van der Waals surface area contributed by atoms with Gasteiger partial charge in [0.05, 0.1) is 32.7 Å². The molecule has 0 atom stereocenters. The van der Waals surface area contributed by atoms with Gasteiger partial charge in [0.2, 0.25) is 0 Å². The molecule has 14 aromatic carbocycles. The lowest BCUT2D eigenvalue weighted by atomic mass is 10.1. The lowest BCUT2D eigenvalue weighted by Gasteiger charge is -2.22. The van der Waals surface area contributed by atoms with Gasteiger partial charge in [0.15, 0.2) is 44.1 Å². The van der Waals surface area contributed by atoms with Crippen LogP contribution in [0.15, 0.2) is 414 Å². The fourth-order valence-electron chi connectivity index (χ4n) is 11.7. The van der Waals surface area contributed by atoms with E-state index in [4.69, 9.17) is 0 Å². The molecule has 0 bridgehead atoms. The van der Waals surface area contributed by atoms with Gasteiger partial charge in [-0.15, -0.1) is 0 Å². The van der Waals surface area contributed by atoms with Crippen LogP contribution >= 0.6 is 0 Å². The molecule has 450 valence electrons. The summed E-state index contributed by atoms with van der Waals surface area (Å²) >= 11 is 0. The highest BCUT2D eigenvalue weighted by Gasteiger charge is 2.34. The topological polar surface area (TPSA) is 9.72 Å². The number of anilines is 3. The number of para-hydroxylation sites is 1. The van der Waals surface area contributed by atoms with Gasteiger partial charge in [-0.1, -0.05) is 249 Å². The maximum Gasteiger partial charge on any atom is 0.171 e. The Morgan fingerprint density at radius 1 is 0.217 bits per heavy atom. The van der Waals surface area contributed by atoms with Gasteiger partial charge >= 0.3 is 0 Å². The molecule has 0 aliphatic rings. The van der Waals surface area contributed by atoms with Crippen molar-refractivity contribution in [3.63, 3.8) is 0 Å². The van der Waals surface area contributed by atoms with Crippen LogP contribution in [0.3, 0.4) is 0 Å². The Morgan fingerprint density at radius 3 is 0.913 bits per heavy atom. The first-order valence-corrected chi connectivity index (χ1v) is 35.0. The Bertz CT molecular complexity index is 4430. The molecule has 14 rings (SSSR count). The van der Waals surface area contributed by atoms with Crippen molar-refractivity contribution in [2.75, 3.05) is 35.8 Å². The van der Waals surface area contributed by atoms with E-state index in [1.54, 1.807) is 0 Å². The average Bonchev–Trinajstić information content (AvgIpc) is 1.04. The SMILES string of the molecule is CN(Cc1ccccc1[S+](c1ccccc1)c1ccccc1)c1ccc2ccccc2c1.CN(Cc1ccccc1[S+](c1ccccc1)c1ccccc1)c1cccc2ccccc12.CN(Cc1ccccc1[S+](c1ccccc1)c1ccccc1)c1ccccc1. The zero-order valence-corrected chi connectivity index (χ0v) is 54.9. The summed E-state index contributed by atoms with van der Waals surface area (Å²) in [6.07, 6.45) is 0. The Kier molecular flexibility index (Phi) is 21.1. The van der Waals surface area contributed by atoms with Crippen molar-refractivity contribution in [1.29, 1.82) is 0 Å². The molecule has 0 fully saturated rings. The van der Waals surface area contributed by atoms with E-state index >= 15 is 0 Å². The normalized spacial score (nSPS) is 11.0. The van der Waals surface area contributed by atoms with Crippen LogP contribution in [0.1, 0.15) is 16.7 Å². The Balaban J connectivity index is 0.000000133. The van der Waals surface area contributed by atoms with Crippen molar-refractivity contribution in [2.24, 2.45) is 0 Å². The van der Waals surface area contributed by atoms with Gasteiger partial charge in [0.1, 0.15) is 0 Å². The highest BCUT2D eigenvalue weighted by Crippen LogP contribution is 2.38. The molecule has 6 heteroatoms. The van der Waals surface area contributed by atoms with Gasteiger partial charge in [-0.3, -0.25) is 0 Å². The monoisotopic (exact) mass is 1250 g/mol.